The smallest absolute Gasteiger partial charge is 0.254 e. The summed E-state index contributed by atoms with van der Waals surface area (Å²) in [5.41, 5.74) is -0.297. The predicted molar refractivity (Wildman–Crippen MR) is 74.9 cm³/mol. The van der Waals surface area contributed by atoms with Crippen LogP contribution in [0.2, 0.25) is 0 Å². The highest BCUT2D eigenvalue weighted by molar-refractivity contribution is 5.94. The van der Waals surface area contributed by atoms with E-state index in [2.05, 4.69) is 0 Å². The van der Waals surface area contributed by atoms with Gasteiger partial charge in [-0.1, -0.05) is 0 Å². The molecule has 21 heavy (non-hydrogen) atoms. The number of carbonyl (C=O) groups is 1. The minimum absolute atomic E-state index is 0.0992. The van der Waals surface area contributed by atoms with E-state index in [0.717, 1.165) is 6.07 Å². The number of hydrogen-bond donors (Lipinski definition) is 1. The highest BCUT2D eigenvalue weighted by Gasteiger charge is 2.35. The number of rotatable bonds is 3. The number of halogens is 1. The topological polar surface area (TPSA) is 59.0 Å². The van der Waals surface area contributed by atoms with Gasteiger partial charge in [0.1, 0.15) is 0 Å². The summed E-state index contributed by atoms with van der Waals surface area (Å²) in [5, 5.41) is 9.27. The van der Waals surface area contributed by atoms with Crippen LogP contribution in [0.15, 0.2) is 18.2 Å². The number of methoxy groups -OCH3 is 1. The van der Waals surface area contributed by atoms with Crippen molar-refractivity contribution >= 4 is 5.91 Å². The van der Waals surface area contributed by atoms with Crippen LogP contribution in [-0.2, 0) is 4.74 Å². The van der Waals surface area contributed by atoms with Crippen molar-refractivity contribution in [1.29, 1.82) is 0 Å². The zero-order valence-corrected chi connectivity index (χ0v) is 12.4. The number of hydrogen-bond acceptors (Lipinski definition) is 4. The largest absolute Gasteiger partial charge is 0.494 e. The van der Waals surface area contributed by atoms with Gasteiger partial charge in [0.05, 0.1) is 25.4 Å². The molecule has 0 saturated carbocycles. The van der Waals surface area contributed by atoms with Gasteiger partial charge in [0.25, 0.3) is 5.91 Å². The van der Waals surface area contributed by atoms with E-state index in [1.807, 2.05) is 13.8 Å². The van der Waals surface area contributed by atoms with Crippen molar-refractivity contribution in [2.45, 2.75) is 25.6 Å². The quantitative estimate of drug-likeness (QED) is 0.917. The van der Waals surface area contributed by atoms with Crippen LogP contribution < -0.4 is 4.74 Å². The Labute approximate surface area is 123 Å². The maximum absolute atomic E-state index is 13.7. The van der Waals surface area contributed by atoms with Gasteiger partial charge in [0.15, 0.2) is 11.6 Å². The van der Waals surface area contributed by atoms with E-state index in [-0.39, 0.29) is 30.4 Å². The lowest BCUT2D eigenvalue weighted by Crippen LogP contribution is -2.55. The normalized spacial score (nSPS) is 21.2. The molecule has 1 aliphatic rings. The molecule has 1 atom stereocenters. The van der Waals surface area contributed by atoms with Crippen LogP contribution in [0.3, 0.4) is 0 Å². The van der Waals surface area contributed by atoms with Gasteiger partial charge in [-0.3, -0.25) is 4.79 Å². The highest BCUT2D eigenvalue weighted by Crippen LogP contribution is 2.24. The lowest BCUT2D eigenvalue weighted by Gasteiger charge is -2.42. The summed E-state index contributed by atoms with van der Waals surface area (Å²) in [5.74, 6) is -0.761. The van der Waals surface area contributed by atoms with Gasteiger partial charge in [-0.15, -0.1) is 0 Å². The summed E-state index contributed by atoms with van der Waals surface area (Å²) < 4.78 is 24.2. The summed E-state index contributed by atoms with van der Waals surface area (Å²) in [6, 6.07) is 4.12. The van der Waals surface area contributed by atoms with Crippen molar-refractivity contribution < 1.29 is 23.8 Å². The molecule has 0 aliphatic carbocycles. The first-order chi connectivity index (χ1) is 9.86. The zero-order valence-electron chi connectivity index (χ0n) is 12.4. The number of nitrogens with zero attached hydrogens (tertiary/aromatic N) is 1. The second-order valence-electron chi connectivity index (χ2n) is 5.72. The maximum atomic E-state index is 13.7. The van der Waals surface area contributed by atoms with Gasteiger partial charge in [-0.2, -0.15) is 0 Å². The number of carbonyl (C=O) groups excluding carboxylic acids is 1. The number of ether oxygens (including phenoxy) is 2. The van der Waals surface area contributed by atoms with Gasteiger partial charge in [-0.25, -0.2) is 4.39 Å². The monoisotopic (exact) mass is 297 g/mol. The Morgan fingerprint density at radius 3 is 2.86 bits per heavy atom. The molecule has 1 aromatic rings. The predicted octanol–water partition coefficient (Wildman–Crippen LogP) is 1.45. The van der Waals surface area contributed by atoms with E-state index < -0.39 is 17.5 Å². The third-order valence-electron chi connectivity index (χ3n) is 3.37. The number of benzene rings is 1. The number of aliphatic hydroxyl groups excluding tert-OH is 1. The Balaban J connectivity index is 2.20. The molecule has 6 heteroatoms. The summed E-state index contributed by atoms with van der Waals surface area (Å²) >= 11 is 0. The van der Waals surface area contributed by atoms with Gasteiger partial charge < -0.3 is 19.5 Å². The first-order valence-electron chi connectivity index (χ1n) is 6.78. The van der Waals surface area contributed by atoms with Crippen LogP contribution in [0.1, 0.15) is 24.2 Å². The molecule has 1 amide bonds. The molecule has 5 nitrogen and oxygen atoms in total. The Morgan fingerprint density at radius 2 is 2.29 bits per heavy atom. The molecule has 2 rings (SSSR count). The Hall–Kier alpha value is -1.66. The van der Waals surface area contributed by atoms with E-state index in [1.165, 1.54) is 19.2 Å². The summed E-state index contributed by atoms with van der Waals surface area (Å²) in [7, 11) is 1.37. The van der Waals surface area contributed by atoms with E-state index >= 15 is 0 Å². The Morgan fingerprint density at radius 1 is 1.57 bits per heavy atom. The molecule has 0 aromatic heterocycles. The van der Waals surface area contributed by atoms with Crippen LogP contribution in [0.5, 0.6) is 5.75 Å². The first kappa shape index (κ1) is 15.7. The molecule has 0 bridgehead atoms. The average Bonchev–Trinajstić information content (AvgIpc) is 2.44. The van der Waals surface area contributed by atoms with E-state index in [0.29, 0.717) is 6.54 Å². The lowest BCUT2D eigenvalue weighted by atomic mass is 10.0. The van der Waals surface area contributed by atoms with Crippen molar-refractivity contribution in [2.24, 2.45) is 0 Å². The van der Waals surface area contributed by atoms with Gasteiger partial charge in [-0.05, 0) is 32.0 Å². The minimum atomic E-state index is -0.574. The van der Waals surface area contributed by atoms with E-state index in [1.54, 1.807) is 4.90 Å². The fraction of sp³-hybridized carbons (Fsp3) is 0.533. The van der Waals surface area contributed by atoms with Crippen LogP contribution >= 0.6 is 0 Å². The second-order valence-corrected chi connectivity index (χ2v) is 5.72. The summed E-state index contributed by atoms with van der Waals surface area (Å²) in [4.78, 5) is 14.1. The van der Waals surface area contributed by atoms with Gasteiger partial charge in [0, 0.05) is 18.7 Å². The number of aliphatic hydroxyl groups is 1. The molecule has 1 aliphatic heterocycles. The third kappa shape index (κ3) is 3.51. The maximum Gasteiger partial charge on any atom is 0.254 e. The molecule has 1 fully saturated rings. The van der Waals surface area contributed by atoms with Crippen molar-refractivity contribution in [3.63, 3.8) is 0 Å². The van der Waals surface area contributed by atoms with Crippen LogP contribution in [0, 0.1) is 5.82 Å². The molecule has 1 saturated heterocycles. The molecular formula is C15H20FNO4. The Kier molecular flexibility index (Phi) is 4.49. The van der Waals surface area contributed by atoms with Crippen molar-refractivity contribution in [2.75, 3.05) is 26.8 Å². The SMILES string of the molecule is COc1ccc(C(=O)N2CC(CO)OC(C)(C)C2)cc1F. The molecular weight excluding hydrogens is 277 g/mol. The highest BCUT2D eigenvalue weighted by atomic mass is 19.1. The van der Waals surface area contributed by atoms with E-state index in [4.69, 9.17) is 9.47 Å². The molecule has 0 radical (unpaired) electrons. The molecule has 1 unspecified atom stereocenters. The lowest BCUT2D eigenvalue weighted by molar-refractivity contribution is -0.139. The average molecular weight is 297 g/mol. The molecule has 0 spiro atoms. The van der Waals surface area contributed by atoms with Crippen LogP contribution in [-0.4, -0.2) is 54.4 Å². The molecule has 1 N–H and O–H groups in total. The second kappa shape index (κ2) is 5.99. The molecule has 116 valence electrons. The summed E-state index contributed by atoms with van der Waals surface area (Å²) in [6.07, 6.45) is -0.430. The van der Waals surface area contributed by atoms with Crippen LogP contribution in [0.4, 0.5) is 4.39 Å². The van der Waals surface area contributed by atoms with Crippen molar-refractivity contribution in [1.82, 2.24) is 4.90 Å². The third-order valence-corrected chi connectivity index (χ3v) is 3.37. The zero-order chi connectivity index (χ0) is 15.6. The summed E-state index contributed by atoms with van der Waals surface area (Å²) in [6.45, 7) is 4.21. The standard InChI is InChI=1S/C15H20FNO4/c1-15(2)9-17(7-11(8-18)21-15)14(19)10-4-5-13(20-3)12(16)6-10/h4-6,11,18H,7-9H2,1-3H3. The Bertz CT molecular complexity index is 532. The minimum Gasteiger partial charge on any atom is -0.494 e. The van der Waals surface area contributed by atoms with Gasteiger partial charge in [0.2, 0.25) is 0 Å². The van der Waals surface area contributed by atoms with Gasteiger partial charge >= 0.3 is 0 Å². The number of morpholine rings is 1. The van der Waals surface area contributed by atoms with Crippen molar-refractivity contribution in [3.8, 4) is 5.75 Å². The fourth-order valence-corrected chi connectivity index (χ4v) is 2.53. The fourth-order valence-electron chi connectivity index (χ4n) is 2.53. The number of amides is 1. The first-order valence-corrected chi connectivity index (χ1v) is 6.78. The molecule has 1 aromatic carbocycles. The van der Waals surface area contributed by atoms with E-state index in [9.17, 15) is 14.3 Å². The molecule has 1 heterocycles. The van der Waals surface area contributed by atoms with Crippen molar-refractivity contribution in [3.05, 3.63) is 29.6 Å². The van der Waals surface area contributed by atoms with Crippen LogP contribution in [0.25, 0.3) is 0 Å².